The van der Waals surface area contributed by atoms with Gasteiger partial charge in [0.1, 0.15) is 5.82 Å². The van der Waals surface area contributed by atoms with Crippen molar-refractivity contribution in [1.29, 1.82) is 0 Å². The maximum Gasteiger partial charge on any atom is 0.148 e. The van der Waals surface area contributed by atoms with Crippen LogP contribution in [0, 0.1) is 5.82 Å². The van der Waals surface area contributed by atoms with Crippen LogP contribution in [-0.2, 0) is 6.42 Å². The molecule has 0 saturated carbocycles. The average Bonchev–Trinajstić information content (AvgIpc) is 2.70. The van der Waals surface area contributed by atoms with E-state index in [2.05, 4.69) is 10.3 Å². The molecule has 0 atom stereocenters. The van der Waals surface area contributed by atoms with E-state index < -0.39 is 5.82 Å². The summed E-state index contributed by atoms with van der Waals surface area (Å²) in [6, 6.07) is 4.55. The Morgan fingerprint density at radius 3 is 2.87 bits per heavy atom. The molecule has 1 aromatic carbocycles. The van der Waals surface area contributed by atoms with Gasteiger partial charge in [0.2, 0.25) is 0 Å². The van der Waals surface area contributed by atoms with E-state index in [1.165, 1.54) is 16.8 Å². The normalized spacial score (nSPS) is 10.5. The van der Waals surface area contributed by atoms with Crippen molar-refractivity contribution >= 4 is 5.69 Å². The predicted molar refractivity (Wildman–Crippen MR) is 55.1 cm³/mol. The van der Waals surface area contributed by atoms with Crippen molar-refractivity contribution in [2.45, 2.75) is 13.3 Å². The number of hydrogen-bond donors (Lipinski definition) is 1. The van der Waals surface area contributed by atoms with Crippen LogP contribution in [0.4, 0.5) is 10.1 Å². The summed E-state index contributed by atoms with van der Waals surface area (Å²) in [4.78, 5) is 0. The summed E-state index contributed by atoms with van der Waals surface area (Å²) in [7, 11) is 0. The van der Waals surface area contributed by atoms with Gasteiger partial charge in [-0.3, -0.25) is 0 Å². The Balaban J connectivity index is 2.40. The van der Waals surface area contributed by atoms with Gasteiger partial charge in [0.15, 0.2) is 0 Å². The molecule has 0 unspecified atom stereocenters. The smallest absolute Gasteiger partial charge is 0.148 e. The van der Waals surface area contributed by atoms with Crippen molar-refractivity contribution in [3.8, 4) is 5.69 Å². The van der Waals surface area contributed by atoms with Crippen LogP contribution in [0.2, 0.25) is 0 Å². The third kappa shape index (κ3) is 1.81. The third-order valence-corrected chi connectivity index (χ3v) is 2.15. The number of halogens is 1. The molecule has 1 aromatic heterocycles. The summed E-state index contributed by atoms with van der Waals surface area (Å²) in [5, 5.41) is 7.81. The largest absolute Gasteiger partial charge is 0.396 e. The summed E-state index contributed by atoms with van der Waals surface area (Å²) in [6.07, 6.45) is 2.57. The molecule has 1 heterocycles. The van der Waals surface area contributed by atoms with Crippen molar-refractivity contribution in [2.75, 3.05) is 5.73 Å². The van der Waals surface area contributed by atoms with Gasteiger partial charge < -0.3 is 5.73 Å². The first-order valence-electron chi connectivity index (χ1n) is 4.67. The highest BCUT2D eigenvalue weighted by molar-refractivity contribution is 5.46. The molecular weight excluding hydrogens is 195 g/mol. The second kappa shape index (κ2) is 3.68. The Hall–Kier alpha value is -1.91. The quantitative estimate of drug-likeness (QED) is 0.758. The Morgan fingerprint density at radius 2 is 2.27 bits per heavy atom. The van der Waals surface area contributed by atoms with Gasteiger partial charge in [0.05, 0.1) is 23.3 Å². The number of nitrogen functional groups attached to an aromatic ring is 1. The summed E-state index contributed by atoms with van der Waals surface area (Å²) in [5.74, 6) is -0.443. The van der Waals surface area contributed by atoms with Crippen LogP contribution in [0.5, 0.6) is 0 Å². The first-order chi connectivity index (χ1) is 7.20. The lowest BCUT2D eigenvalue weighted by Gasteiger charge is -2.01. The molecule has 0 aliphatic rings. The summed E-state index contributed by atoms with van der Waals surface area (Å²) in [5.41, 5.74) is 7.00. The van der Waals surface area contributed by atoms with E-state index in [0.29, 0.717) is 5.69 Å². The van der Waals surface area contributed by atoms with Crippen LogP contribution in [0.15, 0.2) is 24.4 Å². The molecule has 2 rings (SSSR count). The molecule has 78 valence electrons. The molecular formula is C10H11FN4. The van der Waals surface area contributed by atoms with Crippen LogP contribution in [0.3, 0.4) is 0 Å². The van der Waals surface area contributed by atoms with E-state index in [1.807, 2.05) is 6.92 Å². The molecule has 5 heteroatoms. The van der Waals surface area contributed by atoms with Gasteiger partial charge in [-0.05, 0) is 18.6 Å². The predicted octanol–water partition coefficient (Wildman–Crippen LogP) is 1.55. The van der Waals surface area contributed by atoms with Gasteiger partial charge in [-0.2, -0.15) is 0 Å². The molecule has 0 saturated heterocycles. The lowest BCUT2D eigenvalue weighted by molar-refractivity contribution is 0.629. The maximum absolute atomic E-state index is 13.2. The van der Waals surface area contributed by atoms with Crippen molar-refractivity contribution < 1.29 is 4.39 Å². The lowest BCUT2D eigenvalue weighted by atomic mass is 10.2. The molecule has 0 aliphatic heterocycles. The summed E-state index contributed by atoms with van der Waals surface area (Å²) >= 11 is 0. The minimum atomic E-state index is -0.443. The van der Waals surface area contributed by atoms with Crippen molar-refractivity contribution in [1.82, 2.24) is 15.0 Å². The standard InChI is InChI=1S/C10H11FN4/c1-2-7-6-15(14-13-7)8-3-4-10(12)9(11)5-8/h3-6H,2,12H2,1H3. The van der Waals surface area contributed by atoms with Crippen LogP contribution >= 0.6 is 0 Å². The first kappa shape index (κ1) is 9.64. The Kier molecular flexibility index (Phi) is 2.37. The number of rotatable bonds is 2. The molecule has 0 fully saturated rings. The zero-order chi connectivity index (χ0) is 10.8. The number of benzene rings is 1. The zero-order valence-electron chi connectivity index (χ0n) is 8.31. The van der Waals surface area contributed by atoms with E-state index in [9.17, 15) is 4.39 Å². The second-order valence-electron chi connectivity index (χ2n) is 3.21. The fourth-order valence-electron chi connectivity index (χ4n) is 1.25. The zero-order valence-corrected chi connectivity index (χ0v) is 8.31. The maximum atomic E-state index is 13.2. The van der Waals surface area contributed by atoms with Gasteiger partial charge in [0.25, 0.3) is 0 Å². The number of nitrogens with zero attached hydrogens (tertiary/aromatic N) is 3. The van der Waals surface area contributed by atoms with Crippen molar-refractivity contribution in [2.24, 2.45) is 0 Å². The minimum absolute atomic E-state index is 0.134. The summed E-state index contributed by atoms with van der Waals surface area (Å²) < 4.78 is 14.7. The first-order valence-corrected chi connectivity index (χ1v) is 4.67. The molecule has 0 aliphatic carbocycles. The fraction of sp³-hybridized carbons (Fsp3) is 0.200. The molecule has 2 N–H and O–H groups in total. The number of aryl methyl sites for hydroxylation is 1. The average molecular weight is 206 g/mol. The van der Waals surface area contributed by atoms with Crippen molar-refractivity contribution in [3.63, 3.8) is 0 Å². The van der Waals surface area contributed by atoms with Crippen LogP contribution in [0.1, 0.15) is 12.6 Å². The van der Waals surface area contributed by atoms with E-state index >= 15 is 0 Å². The summed E-state index contributed by atoms with van der Waals surface area (Å²) in [6.45, 7) is 1.98. The van der Waals surface area contributed by atoms with E-state index in [0.717, 1.165) is 12.1 Å². The highest BCUT2D eigenvalue weighted by Gasteiger charge is 2.04. The topological polar surface area (TPSA) is 56.7 Å². The van der Waals surface area contributed by atoms with E-state index in [4.69, 9.17) is 5.73 Å². The Bertz CT molecular complexity index is 478. The number of aromatic nitrogens is 3. The Morgan fingerprint density at radius 1 is 1.47 bits per heavy atom. The second-order valence-corrected chi connectivity index (χ2v) is 3.21. The Labute approximate surface area is 86.5 Å². The molecule has 2 aromatic rings. The van der Waals surface area contributed by atoms with Crippen LogP contribution in [0.25, 0.3) is 5.69 Å². The molecule has 0 bridgehead atoms. The molecule has 0 radical (unpaired) electrons. The van der Waals surface area contributed by atoms with E-state index in [-0.39, 0.29) is 5.69 Å². The number of nitrogens with two attached hydrogens (primary N) is 1. The molecule has 0 spiro atoms. The monoisotopic (exact) mass is 206 g/mol. The third-order valence-electron chi connectivity index (χ3n) is 2.15. The fourth-order valence-corrected chi connectivity index (χ4v) is 1.25. The molecule has 0 amide bonds. The number of anilines is 1. The van der Waals surface area contributed by atoms with Crippen LogP contribution in [-0.4, -0.2) is 15.0 Å². The van der Waals surface area contributed by atoms with Gasteiger partial charge in [-0.1, -0.05) is 12.1 Å². The highest BCUT2D eigenvalue weighted by Crippen LogP contribution is 2.14. The molecule has 4 nitrogen and oxygen atoms in total. The minimum Gasteiger partial charge on any atom is -0.396 e. The highest BCUT2D eigenvalue weighted by atomic mass is 19.1. The molecule has 15 heavy (non-hydrogen) atoms. The van der Waals surface area contributed by atoms with Gasteiger partial charge >= 0.3 is 0 Å². The van der Waals surface area contributed by atoms with Gasteiger partial charge in [-0.15, -0.1) is 5.10 Å². The van der Waals surface area contributed by atoms with Crippen molar-refractivity contribution in [3.05, 3.63) is 35.9 Å². The number of hydrogen-bond acceptors (Lipinski definition) is 3. The van der Waals surface area contributed by atoms with Gasteiger partial charge in [-0.25, -0.2) is 9.07 Å². The lowest BCUT2D eigenvalue weighted by Crippen LogP contribution is -1.98. The van der Waals surface area contributed by atoms with E-state index in [1.54, 1.807) is 12.3 Å². The van der Waals surface area contributed by atoms with Crippen LogP contribution < -0.4 is 5.73 Å². The SMILES string of the molecule is CCc1cn(-c2ccc(N)c(F)c2)nn1. The van der Waals surface area contributed by atoms with Gasteiger partial charge in [0, 0.05) is 6.07 Å².